The Kier molecular flexibility index (Phi) is 4.77. The van der Waals surface area contributed by atoms with Gasteiger partial charge in [-0.3, -0.25) is 7.74 Å². The highest BCUT2D eigenvalue weighted by Crippen LogP contribution is 2.16. The second kappa shape index (κ2) is 4.81. The van der Waals surface area contributed by atoms with Crippen molar-refractivity contribution in [3.63, 3.8) is 0 Å². The highest BCUT2D eigenvalue weighted by Gasteiger charge is 2.35. The van der Waals surface area contributed by atoms with Crippen molar-refractivity contribution in [2.45, 2.75) is 11.6 Å². The Morgan fingerprint density at radius 3 is 1.27 bits per heavy atom. The van der Waals surface area contributed by atoms with Crippen LogP contribution in [0.1, 0.15) is 0 Å². The van der Waals surface area contributed by atoms with E-state index in [2.05, 4.69) is 7.74 Å². The highest BCUT2D eigenvalue weighted by molar-refractivity contribution is 7.83. The van der Waals surface area contributed by atoms with Gasteiger partial charge >= 0.3 is 41.5 Å². The Balaban J connectivity index is 4.11. The van der Waals surface area contributed by atoms with Crippen LogP contribution < -0.4 is 0 Å². The van der Waals surface area contributed by atoms with Crippen LogP contribution in [0, 0.1) is 0 Å². The van der Waals surface area contributed by atoms with Gasteiger partial charge in [-0.1, -0.05) is 0 Å². The fourth-order valence-corrected chi connectivity index (χ4v) is 3.42. The van der Waals surface area contributed by atoms with Crippen LogP contribution in [0.5, 0.6) is 0 Å². The third-order valence-electron chi connectivity index (χ3n) is 0.734. The lowest BCUT2D eigenvalue weighted by Gasteiger charge is -2.09. The minimum absolute atomic E-state index is 3.29. The van der Waals surface area contributed by atoms with E-state index in [0.29, 0.717) is 0 Å². The van der Waals surface area contributed by atoms with Gasteiger partial charge in [0.25, 0.3) is 0 Å². The number of alkyl halides is 6. The van der Waals surface area contributed by atoms with Crippen molar-refractivity contribution < 1.29 is 42.5 Å². The molecule has 0 saturated heterocycles. The van der Waals surface area contributed by atoms with Gasteiger partial charge in [-0.15, -0.1) is 0 Å². The molecule has 0 aliphatic heterocycles. The predicted octanol–water partition coefficient (Wildman–Crippen LogP) is -0.528. The smallest absolute Gasteiger partial charge is 0.291 e. The van der Waals surface area contributed by atoms with Gasteiger partial charge in [0.1, 0.15) is 0 Å². The SMILES string of the molecule is O=S(=O)(O[SiH2]C(F)(F)F)O[SiH2]C(F)(F)F. The Morgan fingerprint density at radius 2 is 1.07 bits per heavy atom. The van der Waals surface area contributed by atoms with Crippen LogP contribution in [0.3, 0.4) is 0 Å². The van der Waals surface area contributed by atoms with Crippen molar-refractivity contribution in [2.24, 2.45) is 0 Å². The third-order valence-corrected chi connectivity index (χ3v) is 4.64. The van der Waals surface area contributed by atoms with Crippen LogP contribution in [0.2, 0.25) is 0 Å². The number of rotatable bonds is 4. The van der Waals surface area contributed by atoms with Gasteiger partial charge in [-0.2, -0.15) is 34.8 Å². The summed E-state index contributed by atoms with van der Waals surface area (Å²) in [5.74, 6) is -9.65. The molecule has 0 aromatic heterocycles. The molecule has 0 aliphatic rings. The van der Waals surface area contributed by atoms with E-state index in [0.717, 1.165) is 0 Å². The molecule has 0 rings (SSSR count). The summed E-state index contributed by atoms with van der Waals surface area (Å²) in [6.07, 6.45) is 0. The molecule has 0 atom stereocenters. The largest absolute Gasteiger partial charge is 0.384 e. The molecule has 4 nitrogen and oxygen atoms in total. The molecule has 0 heterocycles. The molecule has 0 unspecified atom stereocenters. The fourth-order valence-electron chi connectivity index (χ4n) is 0.312. The Morgan fingerprint density at radius 1 is 0.800 bits per heavy atom. The topological polar surface area (TPSA) is 52.6 Å². The molecule has 0 amide bonds. The average Bonchev–Trinajstić information content (AvgIpc) is 1.96. The molecular weight excluding hydrogens is 290 g/mol. The summed E-state index contributed by atoms with van der Waals surface area (Å²) >= 11 is 0. The van der Waals surface area contributed by atoms with Crippen LogP contribution in [0.4, 0.5) is 26.3 Å². The van der Waals surface area contributed by atoms with Crippen LogP contribution in [-0.4, -0.2) is 39.5 Å². The van der Waals surface area contributed by atoms with Crippen molar-refractivity contribution in [3.05, 3.63) is 0 Å². The van der Waals surface area contributed by atoms with Crippen LogP contribution in [-0.2, 0) is 18.1 Å². The zero-order chi connectivity index (χ0) is 12.3. The number of halogens is 6. The summed E-state index contributed by atoms with van der Waals surface area (Å²) in [4.78, 5) is 0. The van der Waals surface area contributed by atoms with E-state index in [4.69, 9.17) is 0 Å². The Labute approximate surface area is 84.8 Å². The average molecular weight is 294 g/mol. The van der Waals surface area contributed by atoms with Crippen LogP contribution >= 0.6 is 0 Å². The maximum absolute atomic E-state index is 11.5. The molecule has 0 spiro atoms. The van der Waals surface area contributed by atoms with Gasteiger partial charge in [-0.25, -0.2) is 0 Å². The second-order valence-corrected chi connectivity index (χ2v) is 7.05. The van der Waals surface area contributed by atoms with E-state index >= 15 is 0 Å². The standard InChI is InChI=1S/C2H4F6O4SSi2/c3-1(4,5)14-11-13(9,10)12-15-2(6,7)8/h14-15H2. The maximum Gasteiger partial charge on any atom is 0.384 e. The summed E-state index contributed by atoms with van der Waals surface area (Å²) in [5.41, 5.74) is 0. The van der Waals surface area contributed by atoms with E-state index in [1.807, 2.05) is 0 Å². The highest BCUT2D eigenvalue weighted by atomic mass is 32.3. The monoisotopic (exact) mass is 294 g/mol. The quantitative estimate of drug-likeness (QED) is 0.517. The molecular formula is C2H4F6O4SSi2. The fraction of sp³-hybridized carbons (Fsp3) is 1.00. The van der Waals surface area contributed by atoms with Crippen LogP contribution in [0.15, 0.2) is 0 Å². The van der Waals surface area contributed by atoms with Gasteiger partial charge in [0.05, 0.1) is 0 Å². The third kappa shape index (κ3) is 10.2. The first-order chi connectivity index (χ1) is 6.41. The van der Waals surface area contributed by atoms with Gasteiger partial charge in [0, 0.05) is 0 Å². The molecule has 0 aromatic rings. The molecule has 0 aliphatic carbocycles. The Bertz CT molecular complexity index is 269. The van der Waals surface area contributed by atoms with E-state index in [-0.39, 0.29) is 0 Å². The summed E-state index contributed by atoms with van der Waals surface area (Å²) in [6, 6.07) is 0. The van der Waals surface area contributed by atoms with E-state index in [1.165, 1.54) is 0 Å². The van der Waals surface area contributed by atoms with Gasteiger partial charge in [-0.05, 0) is 0 Å². The normalized spacial score (nSPS) is 15.9. The molecule has 0 radical (unpaired) electrons. The second-order valence-electron chi connectivity index (χ2n) is 2.16. The molecule has 0 aromatic carbocycles. The molecule has 0 fully saturated rings. The van der Waals surface area contributed by atoms with Crippen molar-refractivity contribution in [3.8, 4) is 0 Å². The zero-order valence-electron chi connectivity index (χ0n) is 6.72. The first kappa shape index (κ1) is 14.9. The van der Waals surface area contributed by atoms with E-state index in [1.54, 1.807) is 0 Å². The molecule has 0 N–H and O–H groups in total. The zero-order valence-corrected chi connectivity index (χ0v) is 10.4. The predicted molar refractivity (Wildman–Crippen MR) is 40.3 cm³/mol. The van der Waals surface area contributed by atoms with E-state index < -0.39 is 41.5 Å². The molecule has 15 heavy (non-hydrogen) atoms. The molecule has 0 bridgehead atoms. The molecule has 13 heteroatoms. The molecule has 92 valence electrons. The lowest BCUT2D eigenvalue weighted by Crippen LogP contribution is -2.30. The van der Waals surface area contributed by atoms with Crippen molar-refractivity contribution in [1.29, 1.82) is 0 Å². The number of hydrogen-bond acceptors (Lipinski definition) is 4. The van der Waals surface area contributed by atoms with E-state index in [9.17, 15) is 34.8 Å². The first-order valence-corrected chi connectivity index (χ1v) is 6.99. The van der Waals surface area contributed by atoms with Crippen molar-refractivity contribution in [2.75, 3.05) is 0 Å². The maximum atomic E-state index is 11.5. The summed E-state index contributed by atoms with van der Waals surface area (Å²) in [6.45, 7) is 0. The molecule has 0 saturated carbocycles. The minimum Gasteiger partial charge on any atom is -0.291 e. The lowest BCUT2D eigenvalue weighted by molar-refractivity contribution is -0.0564. The van der Waals surface area contributed by atoms with Crippen LogP contribution in [0.25, 0.3) is 0 Å². The lowest BCUT2D eigenvalue weighted by atomic mass is 11.5. The van der Waals surface area contributed by atoms with Crippen molar-refractivity contribution >= 4 is 29.9 Å². The summed E-state index contributed by atoms with van der Waals surface area (Å²) < 4.78 is 96.1. The minimum atomic E-state index is -5.16. The van der Waals surface area contributed by atoms with Gasteiger partial charge in [0.15, 0.2) is 0 Å². The summed E-state index contributed by atoms with van der Waals surface area (Å²) in [5, 5.41) is 0. The van der Waals surface area contributed by atoms with Gasteiger partial charge < -0.3 is 0 Å². The Hall–Kier alpha value is -0.116. The first-order valence-electron chi connectivity index (χ1n) is 3.09. The van der Waals surface area contributed by atoms with Gasteiger partial charge in [0.2, 0.25) is 0 Å². The summed E-state index contributed by atoms with van der Waals surface area (Å²) in [7, 11) is -12.1. The van der Waals surface area contributed by atoms with Crippen molar-refractivity contribution in [1.82, 2.24) is 0 Å². The number of hydrogen-bond donors (Lipinski definition) is 0.